The van der Waals surface area contributed by atoms with Crippen molar-refractivity contribution in [3.8, 4) is 5.69 Å². The highest BCUT2D eigenvalue weighted by Gasteiger charge is 2.25. The zero-order chi connectivity index (χ0) is 12.7. The first-order valence-corrected chi connectivity index (χ1v) is 5.83. The van der Waals surface area contributed by atoms with Gasteiger partial charge >= 0.3 is 0 Å². The van der Waals surface area contributed by atoms with Crippen molar-refractivity contribution < 1.29 is 9.18 Å². The minimum Gasteiger partial charge on any atom is -0.364 e. The van der Waals surface area contributed by atoms with Crippen LogP contribution in [0.4, 0.5) is 4.39 Å². The molecule has 0 saturated carbocycles. The normalized spacial score (nSPS) is 13.6. The fourth-order valence-corrected chi connectivity index (χ4v) is 2.43. The molecule has 18 heavy (non-hydrogen) atoms. The van der Waals surface area contributed by atoms with Gasteiger partial charge in [-0.25, -0.2) is 9.07 Å². The van der Waals surface area contributed by atoms with Crippen LogP contribution in [0.15, 0.2) is 24.3 Å². The Hall–Kier alpha value is -2.17. The van der Waals surface area contributed by atoms with E-state index in [2.05, 4.69) is 5.10 Å². The molecule has 0 fully saturated rings. The summed E-state index contributed by atoms with van der Waals surface area (Å²) in [7, 11) is 0. The van der Waals surface area contributed by atoms with Crippen LogP contribution < -0.4 is 5.73 Å². The number of nitrogens with zero attached hydrogens (tertiary/aromatic N) is 2. The monoisotopic (exact) mass is 245 g/mol. The number of benzene rings is 1. The van der Waals surface area contributed by atoms with E-state index in [4.69, 9.17) is 5.73 Å². The Balaban J connectivity index is 2.15. The Bertz CT molecular complexity index is 616. The van der Waals surface area contributed by atoms with Gasteiger partial charge in [-0.2, -0.15) is 5.10 Å². The van der Waals surface area contributed by atoms with E-state index >= 15 is 0 Å². The number of halogens is 1. The van der Waals surface area contributed by atoms with Crippen LogP contribution in [0.2, 0.25) is 0 Å². The number of carbonyl (C=O) groups is 1. The van der Waals surface area contributed by atoms with Gasteiger partial charge in [-0.05, 0) is 43.5 Å². The maximum absolute atomic E-state index is 12.9. The van der Waals surface area contributed by atoms with Crippen molar-refractivity contribution in [2.75, 3.05) is 0 Å². The molecule has 1 aromatic carbocycles. The average Bonchev–Trinajstić information content (AvgIpc) is 2.91. The van der Waals surface area contributed by atoms with Crippen molar-refractivity contribution in [1.82, 2.24) is 9.78 Å². The molecule has 0 radical (unpaired) electrons. The van der Waals surface area contributed by atoms with Crippen LogP contribution in [0.1, 0.15) is 28.2 Å². The van der Waals surface area contributed by atoms with Crippen molar-refractivity contribution in [3.63, 3.8) is 0 Å². The molecule has 5 heteroatoms. The Kier molecular flexibility index (Phi) is 2.40. The summed E-state index contributed by atoms with van der Waals surface area (Å²) in [5.41, 5.74) is 8.37. The maximum atomic E-state index is 12.9. The van der Waals surface area contributed by atoms with Gasteiger partial charge < -0.3 is 5.73 Å². The number of aromatic nitrogens is 2. The van der Waals surface area contributed by atoms with Gasteiger partial charge in [-0.3, -0.25) is 4.79 Å². The summed E-state index contributed by atoms with van der Waals surface area (Å²) >= 11 is 0. The van der Waals surface area contributed by atoms with Gasteiger partial charge in [0.1, 0.15) is 5.82 Å². The van der Waals surface area contributed by atoms with Crippen LogP contribution in [0.3, 0.4) is 0 Å². The molecular formula is C13H12FN3O. The fourth-order valence-electron chi connectivity index (χ4n) is 2.43. The summed E-state index contributed by atoms with van der Waals surface area (Å²) in [4.78, 5) is 11.3. The molecule has 2 N–H and O–H groups in total. The highest BCUT2D eigenvalue weighted by atomic mass is 19.1. The Morgan fingerprint density at radius 1 is 1.28 bits per heavy atom. The van der Waals surface area contributed by atoms with Gasteiger partial charge in [0.05, 0.1) is 5.69 Å². The zero-order valence-electron chi connectivity index (χ0n) is 9.69. The highest BCUT2D eigenvalue weighted by Crippen LogP contribution is 2.27. The highest BCUT2D eigenvalue weighted by molar-refractivity contribution is 5.92. The van der Waals surface area contributed by atoms with E-state index < -0.39 is 5.91 Å². The fraction of sp³-hybridized carbons (Fsp3) is 0.231. The predicted molar refractivity (Wildman–Crippen MR) is 64.1 cm³/mol. The number of hydrogen-bond donors (Lipinski definition) is 1. The van der Waals surface area contributed by atoms with Crippen LogP contribution in [0, 0.1) is 5.82 Å². The molecular weight excluding hydrogens is 233 g/mol. The van der Waals surface area contributed by atoms with Gasteiger partial charge in [-0.15, -0.1) is 0 Å². The van der Waals surface area contributed by atoms with Crippen LogP contribution in [-0.2, 0) is 12.8 Å². The molecule has 0 atom stereocenters. The first-order valence-electron chi connectivity index (χ1n) is 5.83. The number of primary amides is 1. The molecule has 1 aromatic heterocycles. The summed E-state index contributed by atoms with van der Waals surface area (Å²) in [6, 6.07) is 6.04. The van der Waals surface area contributed by atoms with E-state index in [9.17, 15) is 9.18 Å². The Morgan fingerprint density at radius 2 is 2.00 bits per heavy atom. The third-order valence-electron chi connectivity index (χ3n) is 3.23. The quantitative estimate of drug-likeness (QED) is 0.873. The number of nitrogens with two attached hydrogens (primary N) is 1. The minimum atomic E-state index is -0.506. The molecule has 92 valence electrons. The number of amides is 1. The molecule has 0 unspecified atom stereocenters. The Labute approximate surface area is 103 Å². The molecule has 4 nitrogen and oxygen atoms in total. The average molecular weight is 245 g/mol. The predicted octanol–water partition coefficient (Wildman–Crippen LogP) is 1.60. The van der Waals surface area contributed by atoms with Crippen molar-refractivity contribution >= 4 is 5.91 Å². The third-order valence-corrected chi connectivity index (χ3v) is 3.23. The van der Waals surface area contributed by atoms with E-state index in [-0.39, 0.29) is 5.82 Å². The molecule has 3 rings (SSSR count). The maximum Gasteiger partial charge on any atom is 0.269 e. The van der Waals surface area contributed by atoms with Gasteiger partial charge in [0, 0.05) is 11.3 Å². The molecule has 1 aliphatic rings. The first-order chi connectivity index (χ1) is 8.66. The Morgan fingerprint density at radius 3 is 2.67 bits per heavy atom. The van der Waals surface area contributed by atoms with Crippen LogP contribution in [0.25, 0.3) is 5.69 Å². The van der Waals surface area contributed by atoms with Crippen molar-refractivity contribution in [1.29, 1.82) is 0 Å². The molecule has 1 aliphatic carbocycles. The van der Waals surface area contributed by atoms with Crippen molar-refractivity contribution in [3.05, 3.63) is 47.0 Å². The van der Waals surface area contributed by atoms with Gasteiger partial charge in [0.2, 0.25) is 0 Å². The minimum absolute atomic E-state index is 0.294. The summed E-state index contributed by atoms with van der Waals surface area (Å²) in [5.74, 6) is -0.799. The van der Waals surface area contributed by atoms with Gasteiger partial charge in [0.25, 0.3) is 5.91 Å². The molecule has 0 aliphatic heterocycles. The second-order valence-corrected chi connectivity index (χ2v) is 4.38. The van der Waals surface area contributed by atoms with E-state index in [0.29, 0.717) is 5.69 Å². The standard InChI is InChI=1S/C13H12FN3O/c14-8-4-6-9(7-5-8)17-11-3-1-2-10(11)12(16-17)13(15)18/h4-7H,1-3H2,(H2,15,18). The summed E-state index contributed by atoms with van der Waals surface area (Å²) in [6.07, 6.45) is 2.69. The lowest BCUT2D eigenvalue weighted by Crippen LogP contribution is -2.14. The lowest BCUT2D eigenvalue weighted by atomic mass is 10.2. The SMILES string of the molecule is NC(=O)c1nn(-c2ccc(F)cc2)c2c1CCC2. The molecule has 0 saturated heterocycles. The van der Waals surface area contributed by atoms with Crippen molar-refractivity contribution in [2.45, 2.75) is 19.3 Å². The second kappa shape index (κ2) is 3.94. The van der Waals surface area contributed by atoms with E-state index in [1.165, 1.54) is 12.1 Å². The summed E-state index contributed by atoms with van der Waals surface area (Å²) < 4.78 is 14.6. The topological polar surface area (TPSA) is 60.9 Å². The van der Waals surface area contributed by atoms with Crippen LogP contribution in [-0.4, -0.2) is 15.7 Å². The number of rotatable bonds is 2. The number of fused-ring (bicyclic) bond motifs is 1. The van der Waals surface area contributed by atoms with Gasteiger partial charge in [0.15, 0.2) is 5.69 Å². The van der Waals surface area contributed by atoms with Crippen molar-refractivity contribution in [2.24, 2.45) is 5.73 Å². The number of hydrogen-bond acceptors (Lipinski definition) is 2. The van der Waals surface area contributed by atoms with Gasteiger partial charge in [-0.1, -0.05) is 0 Å². The number of carbonyl (C=O) groups excluding carboxylic acids is 1. The lowest BCUT2D eigenvalue weighted by molar-refractivity contribution is 0.0994. The lowest BCUT2D eigenvalue weighted by Gasteiger charge is -2.04. The largest absolute Gasteiger partial charge is 0.364 e. The summed E-state index contributed by atoms with van der Waals surface area (Å²) in [5, 5.41) is 4.25. The van der Waals surface area contributed by atoms with E-state index in [1.807, 2.05) is 0 Å². The third kappa shape index (κ3) is 1.59. The molecule has 1 heterocycles. The second-order valence-electron chi connectivity index (χ2n) is 4.38. The van der Waals surface area contributed by atoms with E-state index in [1.54, 1.807) is 16.8 Å². The first kappa shape index (κ1) is 11.0. The van der Waals surface area contributed by atoms with E-state index in [0.717, 1.165) is 36.2 Å². The molecule has 1 amide bonds. The smallest absolute Gasteiger partial charge is 0.269 e. The summed E-state index contributed by atoms with van der Waals surface area (Å²) in [6.45, 7) is 0. The molecule has 2 aromatic rings. The zero-order valence-corrected chi connectivity index (χ0v) is 9.69. The molecule has 0 bridgehead atoms. The van der Waals surface area contributed by atoms with Crippen LogP contribution in [0.5, 0.6) is 0 Å². The molecule has 0 spiro atoms. The van der Waals surface area contributed by atoms with Crippen LogP contribution >= 0.6 is 0 Å².